The summed E-state index contributed by atoms with van der Waals surface area (Å²) in [5.41, 5.74) is 2.76. The molecule has 4 bridgehead atoms. The normalized spacial score (nSPS) is 18.8. The molecule has 0 radical (unpaired) electrons. The highest BCUT2D eigenvalue weighted by molar-refractivity contribution is 7.98. The van der Waals surface area contributed by atoms with Gasteiger partial charge in [-0.2, -0.15) is 11.8 Å². The molecular weight excluding hydrogens is 504 g/mol. The summed E-state index contributed by atoms with van der Waals surface area (Å²) in [5.74, 6) is 0.0892. The van der Waals surface area contributed by atoms with Crippen molar-refractivity contribution in [3.8, 4) is 5.75 Å². The van der Waals surface area contributed by atoms with Crippen molar-refractivity contribution in [2.45, 2.75) is 44.9 Å². The van der Waals surface area contributed by atoms with Gasteiger partial charge in [-0.1, -0.05) is 41.6 Å². The van der Waals surface area contributed by atoms with E-state index < -0.39 is 18.0 Å². The highest BCUT2D eigenvalue weighted by Gasteiger charge is 2.27. The molecule has 2 atom stereocenters. The number of aromatic nitrogens is 3. The minimum absolute atomic E-state index is 0.161. The third-order valence-electron chi connectivity index (χ3n) is 6.21. The molecule has 10 nitrogen and oxygen atoms in total. The zero-order chi connectivity index (χ0) is 26.9. The van der Waals surface area contributed by atoms with Gasteiger partial charge in [-0.05, 0) is 48.6 Å². The van der Waals surface area contributed by atoms with Crippen molar-refractivity contribution in [3.63, 3.8) is 0 Å². The number of fused-ring (bicyclic) bond motifs is 4. The van der Waals surface area contributed by atoms with E-state index in [0.29, 0.717) is 48.8 Å². The van der Waals surface area contributed by atoms with E-state index in [1.807, 2.05) is 49.6 Å². The second kappa shape index (κ2) is 13.1. The third-order valence-corrected chi connectivity index (χ3v) is 6.85. The molecule has 1 aliphatic heterocycles. The molecule has 200 valence electrons. The van der Waals surface area contributed by atoms with E-state index in [0.717, 1.165) is 11.1 Å². The van der Waals surface area contributed by atoms with Crippen LogP contribution in [0.4, 0.5) is 0 Å². The Hall–Kier alpha value is -3.86. The number of carbonyl (C=O) groups is 3. The average Bonchev–Trinajstić information content (AvgIpc) is 3.37. The Morgan fingerprint density at radius 2 is 1.87 bits per heavy atom. The fourth-order valence-corrected chi connectivity index (χ4v) is 4.52. The fraction of sp³-hybridized carbons (Fsp3) is 0.370. The van der Waals surface area contributed by atoms with Gasteiger partial charge in [-0.25, -0.2) is 4.68 Å². The van der Waals surface area contributed by atoms with Gasteiger partial charge >= 0.3 is 0 Å². The van der Waals surface area contributed by atoms with Crippen LogP contribution in [0, 0.1) is 6.92 Å². The zero-order valence-corrected chi connectivity index (χ0v) is 22.3. The molecule has 4 rings (SSSR count). The maximum Gasteiger partial charge on any atom is 0.252 e. The average molecular weight is 537 g/mol. The largest absolute Gasteiger partial charge is 0.491 e. The van der Waals surface area contributed by atoms with Gasteiger partial charge in [-0.15, -0.1) is 5.10 Å². The molecule has 38 heavy (non-hydrogen) atoms. The molecule has 0 unspecified atom stereocenters. The number of rotatable bonds is 5. The number of nitrogens with zero attached hydrogens (tertiary/aromatic N) is 3. The quantitative estimate of drug-likeness (QED) is 0.454. The summed E-state index contributed by atoms with van der Waals surface area (Å²) in [7, 11) is 0. The van der Waals surface area contributed by atoms with Crippen LogP contribution in [0.2, 0.25) is 0 Å². The van der Waals surface area contributed by atoms with Crippen LogP contribution >= 0.6 is 11.8 Å². The molecule has 2 heterocycles. The van der Waals surface area contributed by atoms with E-state index in [4.69, 9.17) is 4.74 Å². The Morgan fingerprint density at radius 3 is 2.66 bits per heavy atom. The summed E-state index contributed by atoms with van der Waals surface area (Å²) in [6.07, 6.45) is 4.39. The molecule has 1 aromatic heterocycles. The summed E-state index contributed by atoms with van der Waals surface area (Å²) >= 11 is 1.58. The summed E-state index contributed by atoms with van der Waals surface area (Å²) in [4.78, 5) is 39.8. The van der Waals surface area contributed by atoms with Crippen LogP contribution in [0.3, 0.4) is 0 Å². The Kier molecular flexibility index (Phi) is 9.36. The second-order valence-electron chi connectivity index (χ2n) is 9.08. The first-order valence-electron chi connectivity index (χ1n) is 12.5. The number of thioether (sulfide) groups is 1. The Balaban J connectivity index is 1.63. The number of hydrogen-bond acceptors (Lipinski definition) is 7. The van der Waals surface area contributed by atoms with Crippen LogP contribution in [0.15, 0.2) is 54.7 Å². The first-order chi connectivity index (χ1) is 18.4. The molecule has 11 heteroatoms. The van der Waals surface area contributed by atoms with Gasteiger partial charge in [0.25, 0.3) is 5.91 Å². The number of benzene rings is 2. The van der Waals surface area contributed by atoms with Crippen molar-refractivity contribution < 1.29 is 19.1 Å². The van der Waals surface area contributed by atoms with E-state index in [9.17, 15) is 14.4 Å². The van der Waals surface area contributed by atoms with Gasteiger partial charge < -0.3 is 20.7 Å². The first-order valence-corrected chi connectivity index (χ1v) is 13.9. The highest BCUT2D eigenvalue weighted by Crippen LogP contribution is 2.20. The van der Waals surface area contributed by atoms with Crippen molar-refractivity contribution >= 4 is 29.5 Å². The number of amides is 3. The van der Waals surface area contributed by atoms with E-state index in [1.54, 1.807) is 34.8 Å². The third kappa shape index (κ3) is 7.34. The lowest BCUT2D eigenvalue weighted by Gasteiger charge is -2.23. The van der Waals surface area contributed by atoms with Crippen LogP contribution < -0.4 is 20.7 Å². The predicted molar refractivity (Wildman–Crippen MR) is 145 cm³/mol. The molecule has 3 N–H and O–H groups in total. The molecule has 3 aromatic rings. The Bertz CT molecular complexity index is 1270. The molecule has 0 fully saturated rings. The van der Waals surface area contributed by atoms with E-state index in [-0.39, 0.29) is 18.4 Å². The van der Waals surface area contributed by atoms with Crippen LogP contribution in [-0.4, -0.2) is 63.4 Å². The van der Waals surface area contributed by atoms with Crippen molar-refractivity contribution in [2.75, 3.05) is 18.6 Å². The van der Waals surface area contributed by atoms with E-state index in [2.05, 4.69) is 26.3 Å². The molecule has 1 aliphatic rings. The molecule has 0 aliphatic carbocycles. The monoisotopic (exact) mass is 536 g/mol. The highest BCUT2D eigenvalue weighted by atomic mass is 32.2. The summed E-state index contributed by atoms with van der Waals surface area (Å²) in [6, 6.07) is 13.0. The minimum Gasteiger partial charge on any atom is -0.491 e. The molecule has 0 spiro atoms. The molecule has 0 saturated heterocycles. The second-order valence-corrected chi connectivity index (χ2v) is 10.1. The van der Waals surface area contributed by atoms with Crippen LogP contribution in [-0.2, 0) is 29.1 Å². The Morgan fingerprint density at radius 1 is 1.05 bits per heavy atom. The predicted octanol–water partition coefficient (Wildman–Crippen LogP) is 1.87. The van der Waals surface area contributed by atoms with Crippen LogP contribution in [0.25, 0.3) is 0 Å². The molecule has 2 aromatic carbocycles. The SMILES string of the molecule is CSCC[C@@H]1NC(=O)c2ccc(C)c(c2)OCCn2cc(nn2)CNC(=O)[C@@H](Cc2ccccc2)NC1=O. The topological polar surface area (TPSA) is 127 Å². The van der Waals surface area contributed by atoms with Gasteiger partial charge in [0.2, 0.25) is 11.8 Å². The van der Waals surface area contributed by atoms with Gasteiger partial charge in [0, 0.05) is 12.0 Å². The maximum atomic E-state index is 13.4. The summed E-state index contributed by atoms with van der Waals surface area (Å²) in [6.45, 7) is 2.83. The lowest BCUT2D eigenvalue weighted by molar-refractivity contribution is -0.130. The number of carbonyl (C=O) groups excluding carboxylic acids is 3. The van der Waals surface area contributed by atoms with Crippen molar-refractivity contribution in [3.05, 3.63) is 77.1 Å². The van der Waals surface area contributed by atoms with Gasteiger partial charge in [0.15, 0.2) is 0 Å². The van der Waals surface area contributed by atoms with Crippen molar-refractivity contribution in [2.24, 2.45) is 0 Å². The molecule has 3 amide bonds. The smallest absolute Gasteiger partial charge is 0.252 e. The van der Waals surface area contributed by atoms with Gasteiger partial charge in [-0.3, -0.25) is 14.4 Å². The maximum absolute atomic E-state index is 13.4. The van der Waals surface area contributed by atoms with Crippen LogP contribution in [0.1, 0.15) is 33.6 Å². The first kappa shape index (κ1) is 27.2. The van der Waals surface area contributed by atoms with Crippen molar-refractivity contribution in [1.82, 2.24) is 30.9 Å². The lowest BCUT2D eigenvalue weighted by atomic mass is 10.0. The summed E-state index contributed by atoms with van der Waals surface area (Å²) < 4.78 is 7.55. The van der Waals surface area contributed by atoms with E-state index in [1.165, 1.54) is 0 Å². The van der Waals surface area contributed by atoms with Crippen LogP contribution in [0.5, 0.6) is 5.75 Å². The minimum atomic E-state index is -0.841. The molecular formula is C27H32N6O4S. The Labute approximate surface area is 225 Å². The van der Waals surface area contributed by atoms with Gasteiger partial charge in [0.05, 0.1) is 19.3 Å². The summed E-state index contributed by atoms with van der Waals surface area (Å²) in [5, 5.41) is 16.8. The zero-order valence-electron chi connectivity index (χ0n) is 21.5. The number of nitrogens with one attached hydrogen (secondary N) is 3. The number of aryl methyl sites for hydroxylation is 1. The number of hydrogen-bond donors (Lipinski definition) is 3. The van der Waals surface area contributed by atoms with Crippen molar-refractivity contribution in [1.29, 1.82) is 0 Å². The van der Waals surface area contributed by atoms with Gasteiger partial charge in [0.1, 0.15) is 30.1 Å². The number of ether oxygens (including phenoxy) is 1. The van der Waals surface area contributed by atoms with E-state index >= 15 is 0 Å². The fourth-order valence-electron chi connectivity index (χ4n) is 4.05. The lowest BCUT2D eigenvalue weighted by Crippen LogP contribution is -2.54. The standard InChI is InChI=1S/C27H32N6O4S/c1-18-8-9-20-15-24(18)37-12-11-33-17-21(31-32-33)16-28-26(35)23(14-19-6-4-3-5-7-19)30-27(36)22(10-13-38-2)29-25(20)34/h3-9,15,17,22-23H,10-14,16H2,1-2H3,(H,28,35)(H,29,34)(H,30,36)/t22-,23+/m0/s1. The molecule has 0 saturated carbocycles.